The van der Waals surface area contributed by atoms with Crippen LogP contribution < -0.4 is 0 Å². The van der Waals surface area contributed by atoms with E-state index in [0.29, 0.717) is 27.9 Å². The van der Waals surface area contributed by atoms with Crippen molar-refractivity contribution in [2.75, 3.05) is 0 Å². The number of benzene rings is 2. The van der Waals surface area contributed by atoms with Crippen LogP contribution in [0.4, 0.5) is 0 Å². The molecule has 7 heteroatoms. The molecular formula is C19H17ClIN3O2. The molecule has 0 aliphatic rings. The molecule has 0 aliphatic carbocycles. The maximum Gasteiger partial charge on any atom is 0.254 e. The van der Waals surface area contributed by atoms with Crippen molar-refractivity contribution >= 4 is 40.1 Å². The molecule has 0 N–H and O–H groups in total. The van der Waals surface area contributed by atoms with E-state index in [2.05, 4.69) is 32.8 Å². The number of hydrogen-bond acceptors (Lipinski definition) is 4. The van der Waals surface area contributed by atoms with Gasteiger partial charge in [-0.2, -0.15) is 0 Å². The molecule has 3 aromatic rings. The molecule has 0 fully saturated rings. The highest BCUT2D eigenvalue weighted by atomic mass is 127. The summed E-state index contributed by atoms with van der Waals surface area (Å²) < 4.78 is 6.81. The van der Waals surface area contributed by atoms with Crippen molar-refractivity contribution in [2.45, 2.75) is 26.4 Å². The summed E-state index contributed by atoms with van der Waals surface area (Å²) in [6, 6.07) is 14.7. The van der Waals surface area contributed by atoms with Crippen LogP contribution in [0.15, 0.2) is 52.9 Å². The van der Waals surface area contributed by atoms with Crippen molar-refractivity contribution in [2.24, 2.45) is 0 Å². The summed E-state index contributed by atoms with van der Waals surface area (Å²) in [6.45, 7) is 4.14. The molecule has 3 rings (SSSR count). The van der Waals surface area contributed by atoms with E-state index in [1.165, 1.54) is 0 Å². The van der Waals surface area contributed by atoms with Crippen LogP contribution in [-0.2, 0) is 6.54 Å². The highest BCUT2D eigenvalue weighted by molar-refractivity contribution is 14.1. The van der Waals surface area contributed by atoms with Gasteiger partial charge in [0.2, 0.25) is 11.8 Å². The summed E-state index contributed by atoms with van der Waals surface area (Å²) in [5.41, 5.74) is 1.30. The largest absolute Gasteiger partial charge is 0.419 e. The van der Waals surface area contributed by atoms with Crippen LogP contribution in [-0.4, -0.2) is 27.0 Å². The second-order valence-corrected chi connectivity index (χ2v) is 7.67. The van der Waals surface area contributed by atoms with Gasteiger partial charge in [-0.3, -0.25) is 4.79 Å². The molecule has 2 aromatic carbocycles. The van der Waals surface area contributed by atoms with E-state index in [1.807, 2.05) is 56.3 Å². The molecule has 1 aromatic heterocycles. The molecule has 1 heterocycles. The van der Waals surface area contributed by atoms with Gasteiger partial charge in [-0.1, -0.05) is 23.7 Å². The number of halogens is 2. The second-order valence-electron chi connectivity index (χ2n) is 6.01. The van der Waals surface area contributed by atoms with E-state index in [9.17, 15) is 4.79 Å². The predicted octanol–water partition coefficient (Wildman–Crippen LogP) is 5.05. The Morgan fingerprint density at radius 3 is 2.50 bits per heavy atom. The van der Waals surface area contributed by atoms with Gasteiger partial charge in [0.1, 0.15) is 0 Å². The maximum atomic E-state index is 12.8. The van der Waals surface area contributed by atoms with Gasteiger partial charge in [0.25, 0.3) is 5.91 Å². The minimum absolute atomic E-state index is 0.0163. The number of amides is 1. The van der Waals surface area contributed by atoms with E-state index < -0.39 is 0 Å². The number of carbonyl (C=O) groups excluding carboxylic acids is 1. The Morgan fingerprint density at radius 2 is 1.85 bits per heavy atom. The van der Waals surface area contributed by atoms with Crippen molar-refractivity contribution in [1.82, 2.24) is 15.1 Å². The van der Waals surface area contributed by atoms with Crippen molar-refractivity contribution < 1.29 is 9.21 Å². The quantitative estimate of drug-likeness (QED) is 0.479. The Bertz CT molecular complexity index is 909. The fourth-order valence-electron chi connectivity index (χ4n) is 2.45. The molecule has 0 aliphatic heterocycles. The molecular weight excluding hydrogens is 465 g/mol. The van der Waals surface area contributed by atoms with Gasteiger partial charge < -0.3 is 9.32 Å². The molecule has 0 saturated carbocycles. The zero-order valence-electron chi connectivity index (χ0n) is 14.3. The van der Waals surface area contributed by atoms with Gasteiger partial charge >= 0.3 is 0 Å². The SMILES string of the molecule is CC(C)N(Cc1nnc(-c2ccccc2Cl)o1)C(=O)c1ccc(I)cc1. The van der Waals surface area contributed by atoms with Crippen molar-refractivity contribution in [3.63, 3.8) is 0 Å². The van der Waals surface area contributed by atoms with E-state index in [-0.39, 0.29) is 18.5 Å². The zero-order chi connectivity index (χ0) is 18.7. The molecule has 5 nitrogen and oxygen atoms in total. The highest BCUT2D eigenvalue weighted by Crippen LogP contribution is 2.26. The van der Waals surface area contributed by atoms with E-state index in [4.69, 9.17) is 16.0 Å². The lowest BCUT2D eigenvalue weighted by atomic mass is 10.1. The average Bonchev–Trinajstić information content (AvgIpc) is 3.08. The maximum absolute atomic E-state index is 12.8. The summed E-state index contributed by atoms with van der Waals surface area (Å²) >= 11 is 8.39. The minimum Gasteiger partial charge on any atom is -0.419 e. The fourth-order valence-corrected chi connectivity index (χ4v) is 3.03. The summed E-state index contributed by atoms with van der Waals surface area (Å²) in [5, 5.41) is 8.68. The third-order valence-corrected chi connectivity index (χ3v) is 4.90. The van der Waals surface area contributed by atoms with Gasteiger partial charge in [-0.05, 0) is 72.8 Å². The molecule has 134 valence electrons. The Morgan fingerprint density at radius 1 is 1.15 bits per heavy atom. The first-order valence-electron chi connectivity index (χ1n) is 8.09. The third kappa shape index (κ3) is 4.24. The van der Waals surface area contributed by atoms with Crippen LogP contribution in [0.25, 0.3) is 11.5 Å². The molecule has 0 spiro atoms. The summed E-state index contributed by atoms with van der Waals surface area (Å²) in [4.78, 5) is 14.5. The van der Waals surface area contributed by atoms with Crippen LogP contribution in [0.5, 0.6) is 0 Å². The van der Waals surface area contributed by atoms with E-state index in [0.717, 1.165) is 3.57 Å². The Kier molecular flexibility index (Phi) is 5.93. The van der Waals surface area contributed by atoms with Gasteiger partial charge in [-0.15, -0.1) is 10.2 Å². The lowest BCUT2D eigenvalue weighted by Crippen LogP contribution is -2.36. The van der Waals surface area contributed by atoms with Crippen molar-refractivity contribution in [1.29, 1.82) is 0 Å². The van der Waals surface area contributed by atoms with Crippen LogP contribution in [0, 0.1) is 3.57 Å². The number of rotatable bonds is 5. The van der Waals surface area contributed by atoms with Gasteiger partial charge in [0.05, 0.1) is 17.1 Å². The molecule has 0 unspecified atom stereocenters. The second kappa shape index (κ2) is 8.18. The number of nitrogens with zero attached hydrogens (tertiary/aromatic N) is 3. The number of carbonyl (C=O) groups is 1. The monoisotopic (exact) mass is 481 g/mol. The normalized spacial score (nSPS) is 11.0. The number of hydrogen-bond donors (Lipinski definition) is 0. The first-order valence-corrected chi connectivity index (χ1v) is 9.55. The van der Waals surface area contributed by atoms with Gasteiger partial charge in [0.15, 0.2) is 0 Å². The zero-order valence-corrected chi connectivity index (χ0v) is 17.2. The average molecular weight is 482 g/mol. The Labute approximate surface area is 170 Å². The topological polar surface area (TPSA) is 59.2 Å². The van der Waals surface area contributed by atoms with Gasteiger partial charge in [0, 0.05) is 15.2 Å². The van der Waals surface area contributed by atoms with Crippen molar-refractivity contribution in [3.05, 3.63) is 68.6 Å². The van der Waals surface area contributed by atoms with Crippen molar-refractivity contribution in [3.8, 4) is 11.5 Å². The Hall–Kier alpha value is -1.93. The molecule has 0 saturated heterocycles. The lowest BCUT2D eigenvalue weighted by molar-refractivity contribution is 0.0672. The standard InChI is InChI=1S/C19H17ClIN3O2/c1-12(2)24(19(25)13-7-9-14(21)10-8-13)11-17-22-23-18(26-17)15-5-3-4-6-16(15)20/h3-10,12H,11H2,1-2H3. The van der Waals surface area contributed by atoms with Crippen LogP contribution >= 0.6 is 34.2 Å². The predicted molar refractivity (Wildman–Crippen MR) is 109 cm³/mol. The van der Waals surface area contributed by atoms with Crippen LogP contribution in [0.2, 0.25) is 5.02 Å². The fraction of sp³-hybridized carbons (Fsp3) is 0.211. The summed E-state index contributed by atoms with van der Waals surface area (Å²) in [6.07, 6.45) is 0. The van der Waals surface area contributed by atoms with E-state index >= 15 is 0 Å². The Balaban J connectivity index is 1.82. The molecule has 26 heavy (non-hydrogen) atoms. The number of aromatic nitrogens is 2. The molecule has 0 bridgehead atoms. The van der Waals surface area contributed by atoms with Crippen LogP contribution in [0.3, 0.4) is 0 Å². The molecule has 0 radical (unpaired) electrons. The van der Waals surface area contributed by atoms with Crippen LogP contribution in [0.1, 0.15) is 30.1 Å². The minimum atomic E-state index is -0.0751. The smallest absolute Gasteiger partial charge is 0.254 e. The first-order chi connectivity index (χ1) is 12.5. The highest BCUT2D eigenvalue weighted by Gasteiger charge is 2.22. The third-order valence-electron chi connectivity index (χ3n) is 3.85. The van der Waals surface area contributed by atoms with Gasteiger partial charge in [-0.25, -0.2) is 0 Å². The molecule has 1 amide bonds. The lowest BCUT2D eigenvalue weighted by Gasteiger charge is -2.25. The first kappa shape index (κ1) is 18.8. The van der Waals surface area contributed by atoms with E-state index in [1.54, 1.807) is 11.0 Å². The summed E-state index contributed by atoms with van der Waals surface area (Å²) in [5.74, 6) is 0.636. The molecule has 0 atom stereocenters. The summed E-state index contributed by atoms with van der Waals surface area (Å²) in [7, 11) is 0.